The number of rotatable bonds is 4. The van der Waals surface area contributed by atoms with E-state index in [0.29, 0.717) is 17.1 Å². The molecule has 2 rings (SSSR count). The molecule has 1 aromatic carbocycles. The average molecular weight is 297 g/mol. The molecule has 0 aliphatic heterocycles. The number of hydrogen-bond acceptors (Lipinski definition) is 5. The molecule has 1 amide bonds. The van der Waals surface area contributed by atoms with Gasteiger partial charge in [0, 0.05) is 6.92 Å². The fourth-order valence-corrected chi connectivity index (χ4v) is 1.75. The van der Waals surface area contributed by atoms with Crippen LogP contribution in [0.25, 0.3) is 0 Å². The Kier molecular flexibility index (Phi) is 4.63. The Balaban J connectivity index is 2.16. The van der Waals surface area contributed by atoms with E-state index in [1.54, 1.807) is 37.3 Å². The summed E-state index contributed by atoms with van der Waals surface area (Å²) in [5.41, 5.74) is 3.75. The van der Waals surface area contributed by atoms with Crippen LogP contribution in [0.5, 0.6) is 5.75 Å². The summed E-state index contributed by atoms with van der Waals surface area (Å²) in [6.07, 6.45) is 0. The molecule has 0 fully saturated rings. The van der Waals surface area contributed by atoms with E-state index in [1.807, 2.05) is 0 Å². The van der Waals surface area contributed by atoms with Gasteiger partial charge in [0.15, 0.2) is 5.78 Å². The summed E-state index contributed by atoms with van der Waals surface area (Å²) < 4.78 is 0. The number of ketones is 1. The first-order chi connectivity index (χ1) is 10.5. The van der Waals surface area contributed by atoms with Crippen molar-refractivity contribution >= 4 is 17.4 Å². The molecule has 2 aromatic rings. The van der Waals surface area contributed by atoms with E-state index in [1.165, 1.54) is 19.1 Å². The van der Waals surface area contributed by atoms with Gasteiger partial charge in [0.05, 0.1) is 17.0 Å². The second-order valence-corrected chi connectivity index (χ2v) is 4.62. The zero-order valence-electron chi connectivity index (χ0n) is 12.2. The molecule has 2 N–H and O–H groups in total. The number of amides is 1. The normalized spacial score (nSPS) is 11.1. The third-order valence-corrected chi connectivity index (χ3v) is 2.95. The Bertz CT molecular complexity index is 754. The molecule has 0 aliphatic carbocycles. The quantitative estimate of drug-likeness (QED) is 0.514. The first-order valence-electron chi connectivity index (χ1n) is 6.60. The maximum atomic E-state index is 11.9. The second-order valence-electron chi connectivity index (χ2n) is 4.62. The largest absolute Gasteiger partial charge is 0.507 e. The third kappa shape index (κ3) is 3.54. The fourth-order valence-electron chi connectivity index (χ4n) is 1.75. The number of carbonyl (C=O) groups is 2. The lowest BCUT2D eigenvalue weighted by Gasteiger charge is -2.05. The highest BCUT2D eigenvalue weighted by molar-refractivity contribution is 6.01. The van der Waals surface area contributed by atoms with E-state index < -0.39 is 5.91 Å². The van der Waals surface area contributed by atoms with Crippen molar-refractivity contribution in [2.45, 2.75) is 13.8 Å². The number of Topliss-reactive ketones (excluding diaryl/α,β-unsaturated/α-hetero) is 1. The van der Waals surface area contributed by atoms with Crippen molar-refractivity contribution in [1.29, 1.82) is 0 Å². The highest BCUT2D eigenvalue weighted by Gasteiger charge is 2.10. The van der Waals surface area contributed by atoms with Crippen LogP contribution >= 0.6 is 0 Å². The van der Waals surface area contributed by atoms with Crippen LogP contribution < -0.4 is 5.43 Å². The Morgan fingerprint density at radius 2 is 1.73 bits per heavy atom. The fraction of sp³-hybridized carbons (Fsp3) is 0.125. The van der Waals surface area contributed by atoms with Gasteiger partial charge in [-0.25, -0.2) is 10.4 Å². The highest BCUT2D eigenvalue weighted by Crippen LogP contribution is 2.15. The van der Waals surface area contributed by atoms with Gasteiger partial charge in [0.1, 0.15) is 11.4 Å². The lowest BCUT2D eigenvalue weighted by Crippen LogP contribution is -2.19. The van der Waals surface area contributed by atoms with Gasteiger partial charge in [-0.15, -0.1) is 0 Å². The Morgan fingerprint density at radius 3 is 2.41 bits per heavy atom. The van der Waals surface area contributed by atoms with Crippen LogP contribution in [-0.2, 0) is 0 Å². The summed E-state index contributed by atoms with van der Waals surface area (Å²) in [5, 5.41) is 13.5. The molecule has 6 nitrogen and oxygen atoms in total. The molecule has 112 valence electrons. The summed E-state index contributed by atoms with van der Waals surface area (Å²) in [4.78, 5) is 27.4. The average Bonchev–Trinajstić information content (AvgIpc) is 2.52. The van der Waals surface area contributed by atoms with E-state index in [-0.39, 0.29) is 17.1 Å². The number of phenolic OH excluding ortho intramolecular Hbond substituents is 1. The minimum Gasteiger partial charge on any atom is -0.507 e. The molecule has 0 bridgehead atoms. The van der Waals surface area contributed by atoms with Crippen LogP contribution in [0.15, 0.2) is 47.6 Å². The molecule has 6 heteroatoms. The number of pyridine rings is 1. The lowest BCUT2D eigenvalue weighted by molar-refractivity contribution is 0.0951. The summed E-state index contributed by atoms with van der Waals surface area (Å²) in [7, 11) is 0. The summed E-state index contributed by atoms with van der Waals surface area (Å²) in [6.45, 7) is 3.09. The van der Waals surface area contributed by atoms with E-state index in [4.69, 9.17) is 0 Å². The van der Waals surface area contributed by atoms with Gasteiger partial charge in [0.2, 0.25) is 0 Å². The van der Waals surface area contributed by atoms with Crippen LogP contribution in [0, 0.1) is 0 Å². The first kappa shape index (κ1) is 15.4. The molecule has 0 aliphatic rings. The monoisotopic (exact) mass is 297 g/mol. The number of carbonyl (C=O) groups excluding carboxylic acids is 2. The van der Waals surface area contributed by atoms with Crippen LogP contribution in [0.4, 0.5) is 0 Å². The van der Waals surface area contributed by atoms with Crippen LogP contribution in [0.1, 0.15) is 40.4 Å². The molecule has 0 radical (unpaired) electrons. The smallest absolute Gasteiger partial charge is 0.275 e. The molecular weight excluding hydrogens is 282 g/mol. The molecule has 1 heterocycles. The van der Waals surface area contributed by atoms with Crippen molar-refractivity contribution in [1.82, 2.24) is 10.4 Å². The number of nitrogens with one attached hydrogen (secondary N) is 1. The standard InChI is InChI=1S/C16H15N3O3/c1-10(13-7-5-8-14(17-13)11(2)20)18-19-16(22)12-6-3-4-9-15(12)21/h3-9,21H,1-2H3,(H,19,22)/b18-10+. The number of aromatic hydroxyl groups is 1. The van der Waals surface area contributed by atoms with Gasteiger partial charge in [-0.2, -0.15) is 5.10 Å². The van der Waals surface area contributed by atoms with Gasteiger partial charge in [-0.3, -0.25) is 9.59 Å². The third-order valence-electron chi connectivity index (χ3n) is 2.95. The molecule has 0 atom stereocenters. The van der Waals surface area contributed by atoms with E-state index in [9.17, 15) is 14.7 Å². The maximum Gasteiger partial charge on any atom is 0.275 e. The lowest BCUT2D eigenvalue weighted by atomic mass is 10.2. The van der Waals surface area contributed by atoms with Gasteiger partial charge in [-0.1, -0.05) is 18.2 Å². The first-order valence-corrected chi connectivity index (χ1v) is 6.60. The van der Waals surface area contributed by atoms with Crippen LogP contribution in [0.3, 0.4) is 0 Å². The number of benzene rings is 1. The van der Waals surface area contributed by atoms with Crippen molar-refractivity contribution in [2.24, 2.45) is 5.10 Å². The summed E-state index contributed by atoms with van der Waals surface area (Å²) >= 11 is 0. The summed E-state index contributed by atoms with van der Waals surface area (Å²) in [6, 6.07) is 11.2. The molecule has 0 spiro atoms. The topological polar surface area (TPSA) is 91.7 Å². The van der Waals surface area contributed by atoms with Gasteiger partial charge >= 0.3 is 0 Å². The van der Waals surface area contributed by atoms with Gasteiger partial charge in [0.25, 0.3) is 5.91 Å². The SMILES string of the molecule is CC(=O)c1cccc(/C(C)=N/NC(=O)c2ccccc2O)n1. The molecule has 0 unspecified atom stereocenters. The minimum absolute atomic E-state index is 0.121. The van der Waals surface area contributed by atoms with Gasteiger partial charge in [-0.05, 0) is 31.2 Å². The van der Waals surface area contributed by atoms with Crippen molar-refractivity contribution in [3.05, 3.63) is 59.4 Å². The van der Waals surface area contributed by atoms with E-state index in [0.717, 1.165) is 0 Å². The Labute approximate surface area is 127 Å². The number of phenols is 1. The van der Waals surface area contributed by atoms with Crippen molar-refractivity contribution in [3.8, 4) is 5.75 Å². The predicted molar refractivity (Wildman–Crippen MR) is 82.0 cm³/mol. The van der Waals surface area contributed by atoms with Gasteiger partial charge < -0.3 is 5.11 Å². The van der Waals surface area contributed by atoms with E-state index >= 15 is 0 Å². The minimum atomic E-state index is -0.528. The van der Waals surface area contributed by atoms with Crippen molar-refractivity contribution in [3.63, 3.8) is 0 Å². The molecule has 0 saturated carbocycles. The molecular formula is C16H15N3O3. The molecule has 1 aromatic heterocycles. The second kappa shape index (κ2) is 6.62. The van der Waals surface area contributed by atoms with Crippen molar-refractivity contribution in [2.75, 3.05) is 0 Å². The zero-order chi connectivity index (χ0) is 16.1. The van der Waals surface area contributed by atoms with E-state index in [2.05, 4.69) is 15.5 Å². The molecule has 22 heavy (non-hydrogen) atoms. The Morgan fingerprint density at radius 1 is 1.05 bits per heavy atom. The molecule has 0 saturated heterocycles. The number of para-hydroxylation sites is 1. The van der Waals surface area contributed by atoms with Crippen molar-refractivity contribution < 1.29 is 14.7 Å². The number of aromatic nitrogens is 1. The number of nitrogens with zero attached hydrogens (tertiary/aromatic N) is 2. The predicted octanol–water partition coefficient (Wildman–Crippen LogP) is 2.14. The maximum absolute atomic E-state index is 11.9. The zero-order valence-corrected chi connectivity index (χ0v) is 12.2. The Hall–Kier alpha value is -3.02. The number of hydrazone groups is 1. The van der Waals surface area contributed by atoms with Crippen LogP contribution in [0.2, 0.25) is 0 Å². The number of hydrogen-bond donors (Lipinski definition) is 2. The highest BCUT2D eigenvalue weighted by atomic mass is 16.3. The summed E-state index contributed by atoms with van der Waals surface area (Å²) in [5.74, 6) is -0.794. The van der Waals surface area contributed by atoms with Crippen LogP contribution in [-0.4, -0.2) is 27.5 Å².